The number of nitriles is 3. The van der Waals surface area contributed by atoms with Gasteiger partial charge in [-0.25, -0.2) is 66.6 Å². The normalized spacial score (nSPS) is 10.1. The minimum absolute atomic E-state index is 0. The summed E-state index contributed by atoms with van der Waals surface area (Å²) in [6, 6.07) is 45.1. The van der Waals surface area contributed by atoms with Gasteiger partial charge in [0.05, 0.1) is 63.1 Å². The fraction of sp³-hybridized carbons (Fsp3) is 0.0652. The third-order valence-electron chi connectivity index (χ3n) is 8.34. The van der Waals surface area contributed by atoms with Crippen LogP contribution in [-0.4, -0.2) is 49.5 Å². The maximum absolute atomic E-state index is 8.49. The van der Waals surface area contributed by atoms with Crippen molar-refractivity contribution in [1.82, 2.24) is 49.5 Å². The number of rotatable bonds is 4. The van der Waals surface area contributed by atoms with Gasteiger partial charge in [0.25, 0.3) is 0 Å². The van der Waals surface area contributed by atoms with E-state index in [1.54, 1.807) is 52.4 Å². The molecule has 21 nitrogen and oxygen atoms in total. The number of aromatic nitrogens is 10. The van der Waals surface area contributed by atoms with Crippen LogP contribution in [0.4, 0.5) is 0 Å². The van der Waals surface area contributed by atoms with Crippen LogP contribution >= 0.6 is 0 Å². The summed E-state index contributed by atoms with van der Waals surface area (Å²) in [5, 5.41) is 34.7. The predicted molar refractivity (Wildman–Crippen MR) is 229 cm³/mol. The second-order valence-electron chi connectivity index (χ2n) is 12.9. The fourth-order valence-electron chi connectivity index (χ4n) is 5.93. The molecular formula is C46H35Cl2N13O8Zn. The van der Waals surface area contributed by atoms with E-state index in [4.69, 9.17) is 63.0 Å². The van der Waals surface area contributed by atoms with Crippen LogP contribution in [-0.2, 0) is 19.5 Å². The van der Waals surface area contributed by atoms with E-state index in [0.717, 1.165) is 78.0 Å². The van der Waals surface area contributed by atoms with Crippen molar-refractivity contribution >= 4 is 43.6 Å². The Balaban J connectivity index is 0.000000270. The second kappa shape index (κ2) is 27.8. The molecule has 0 unspecified atom stereocenters. The van der Waals surface area contributed by atoms with Crippen LogP contribution in [0.1, 0.15) is 20.8 Å². The van der Waals surface area contributed by atoms with E-state index in [2.05, 4.69) is 66.5 Å². The van der Waals surface area contributed by atoms with Crippen LogP contribution in [0.15, 0.2) is 159 Å². The van der Waals surface area contributed by atoms with Crippen LogP contribution in [0.3, 0.4) is 0 Å². The van der Waals surface area contributed by atoms with Gasteiger partial charge in [0.15, 0.2) is 11.6 Å². The molecule has 2 aromatic carbocycles. The Bertz CT molecular complexity index is 3100. The van der Waals surface area contributed by atoms with Crippen molar-refractivity contribution in [3.63, 3.8) is 0 Å². The number of hydrogen-bond acceptors (Lipinski definition) is 19. The minimum atomic E-state index is -4.94. The zero-order valence-electron chi connectivity index (χ0n) is 37.1. The molecule has 0 N–H and O–H groups in total. The van der Waals surface area contributed by atoms with Gasteiger partial charge in [-0.15, -0.1) is 20.5 Å². The van der Waals surface area contributed by atoms with Crippen LogP contribution in [0.2, 0.25) is 0 Å². The Kier molecular flexibility index (Phi) is 22.5. The van der Waals surface area contributed by atoms with E-state index in [1.165, 1.54) is 20.8 Å². The smallest absolute Gasteiger partial charge is 0.254 e. The average Bonchev–Trinajstić information content (AvgIpc) is 4.08. The molecule has 24 heteroatoms. The Morgan fingerprint density at radius 2 is 0.686 bits per heavy atom. The van der Waals surface area contributed by atoms with E-state index < -0.39 is 20.5 Å². The molecule has 0 spiro atoms. The summed E-state index contributed by atoms with van der Waals surface area (Å²) < 4.78 is 71.4. The molecule has 10 rings (SSSR count). The summed E-state index contributed by atoms with van der Waals surface area (Å²) in [6.45, 7) is 4.29. The van der Waals surface area contributed by atoms with Gasteiger partial charge in [0.1, 0.15) is 0 Å². The first-order valence-electron chi connectivity index (χ1n) is 19.4. The zero-order valence-corrected chi connectivity index (χ0v) is 41.5. The molecule has 0 amide bonds. The summed E-state index contributed by atoms with van der Waals surface area (Å²) in [5.74, 6) is 1.53. The molecule has 8 heterocycles. The Morgan fingerprint density at radius 3 is 1.00 bits per heavy atom. The van der Waals surface area contributed by atoms with Crippen molar-refractivity contribution in [2.75, 3.05) is 0 Å². The van der Waals surface area contributed by atoms with Crippen molar-refractivity contribution in [3.05, 3.63) is 159 Å². The van der Waals surface area contributed by atoms with E-state index in [9.17, 15) is 0 Å². The molecule has 0 radical (unpaired) electrons. The van der Waals surface area contributed by atoms with Crippen molar-refractivity contribution in [3.8, 4) is 52.6 Å². The monoisotopic (exact) mass is 1030 g/mol. The Morgan fingerprint density at radius 1 is 0.386 bits per heavy atom. The maximum Gasteiger partial charge on any atom is 2.00 e. The van der Waals surface area contributed by atoms with Gasteiger partial charge in [0, 0.05) is 79.5 Å². The molecule has 0 aliphatic carbocycles. The molecule has 0 aliphatic heterocycles. The number of benzene rings is 2. The third kappa shape index (κ3) is 18.0. The Labute approximate surface area is 416 Å². The average molecular weight is 1030 g/mol. The summed E-state index contributed by atoms with van der Waals surface area (Å²) in [6.07, 6.45) is 10.8. The number of nitrogens with zero attached hydrogens (tertiary/aromatic N) is 13. The van der Waals surface area contributed by atoms with Crippen molar-refractivity contribution in [2.45, 2.75) is 20.8 Å². The van der Waals surface area contributed by atoms with Gasteiger partial charge in [-0.3, -0.25) is 9.97 Å². The number of pyridine rings is 6. The van der Waals surface area contributed by atoms with Crippen molar-refractivity contribution < 1.29 is 77.2 Å². The van der Waals surface area contributed by atoms with Gasteiger partial charge in [-0.2, -0.15) is 26.0 Å². The van der Waals surface area contributed by atoms with Gasteiger partial charge < -0.3 is 0 Å². The molecule has 8 aromatic heterocycles. The fourth-order valence-corrected chi connectivity index (χ4v) is 5.93. The predicted octanol–water partition coefficient (Wildman–Crippen LogP) is 0.137. The van der Waals surface area contributed by atoms with E-state index in [-0.39, 0.29) is 19.5 Å². The molecule has 70 heavy (non-hydrogen) atoms. The number of halogens is 2. The van der Waals surface area contributed by atoms with E-state index in [0.29, 0.717) is 0 Å². The SMILES string of the molecule is CC#N.CC#N.CC#N.[O-][Cl+3]([O-])([O-])[O-].[O-][Cl+3]([O-])([O-])[O-].[Zn+2].c1cc(-c2ccc3ccc4cccnc4c3n2)nc(-n2cccn2)c1.c1cc(-c2ccc3ccc4cccnc4c3n2)nc(-n2cccn2)c1. The largest absolute Gasteiger partial charge is 2.00 e. The third-order valence-corrected chi connectivity index (χ3v) is 8.34. The van der Waals surface area contributed by atoms with Gasteiger partial charge in [-0.1, -0.05) is 60.7 Å². The van der Waals surface area contributed by atoms with E-state index >= 15 is 0 Å². The Hall–Kier alpha value is -7.85. The van der Waals surface area contributed by atoms with Gasteiger partial charge in [-0.05, 0) is 60.7 Å². The number of hydrogen-bond donors (Lipinski definition) is 0. The first kappa shape index (κ1) is 56.5. The van der Waals surface area contributed by atoms with Gasteiger partial charge >= 0.3 is 19.5 Å². The molecule has 0 aliphatic rings. The summed E-state index contributed by atoms with van der Waals surface area (Å²) in [7, 11) is -9.89. The van der Waals surface area contributed by atoms with Crippen molar-refractivity contribution in [1.29, 1.82) is 15.8 Å². The van der Waals surface area contributed by atoms with Crippen molar-refractivity contribution in [2.24, 2.45) is 0 Å². The topological polar surface area (TPSA) is 369 Å². The molecule has 348 valence electrons. The van der Waals surface area contributed by atoms with Crippen LogP contribution < -0.4 is 37.3 Å². The molecule has 0 bridgehead atoms. The van der Waals surface area contributed by atoms with Crippen LogP contribution in [0.5, 0.6) is 0 Å². The first-order chi connectivity index (χ1) is 33.0. The molecule has 10 aromatic rings. The van der Waals surface area contributed by atoms with Crippen LogP contribution in [0, 0.1) is 54.5 Å². The number of fused-ring (bicyclic) bond motifs is 6. The zero-order chi connectivity index (χ0) is 50.4. The molecule has 0 saturated heterocycles. The summed E-state index contributed by atoms with van der Waals surface area (Å²) in [4.78, 5) is 28.1. The van der Waals surface area contributed by atoms with E-state index in [1.807, 2.05) is 97.3 Å². The quantitative estimate of drug-likeness (QED) is 0.167. The molecule has 0 saturated carbocycles. The maximum atomic E-state index is 8.49. The minimum Gasteiger partial charge on any atom is -0.254 e. The summed E-state index contributed by atoms with van der Waals surface area (Å²) in [5.41, 5.74) is 6.85. The van der Waals surface area contributed by atoms with Crippen LogP contribution in [0.25, 0.3) is 78.0 Å². The second-order valence-corrected chi connectivity index (χ2v) is 14.4. The standard InChI is InChI=1S/2C20H13N5.3C2H3N.2ClHO4.Zn/c2*1-5-16(23-18(6-1)25-13-3-12-22-25)17-10-9-15-8-7-14-4-2-11-21-19(14)20(15)24-17;3*1-2-3;2*2-1(3,4)5;/h2*1-13H;3*1H3;2*(H,2,3,4,5);/q;;;;;;;+2/p-2. The molecule has 0 fully saturated rings. The summed E-state index contributed by atoms with van der Waals surface area (Å²) >= 11 is 0. The molecule has 0 atom stereocenters. The first-order valence-corrected chi connectivity index (χ1v) is 21.9. The van der Waals surface area contributed by atoms with Gasteiger partial charge in [0.2, 0.25) is 0 Å². The molecular weight excluding hydrogens is 999 g/mol.